The number of benzene rings is 1. The number of hydrogen-bond donors (Lipinski definition) is 2. The zero-order valence-corrected chi connectivity index (χ0v) is 9.46. The van der Waals surface area contributed by atoms with Gasteiger partial charge < -0.3 is 5.11 Å². The minimum Gasteiger partial charge on any atom is -0.478 e. The Bertz CT molecular complexity index is 542. The van der Waals surface area contributed by atoms with Crippen LogP contribution in [0, 0.1) is 6.92 Å². The Morgan fingerprint density at radius 1 is 1.41 bits per heavy atom. The van der Waals surface area contributed by atoms with Gasteiger partial charge in [0, 0.05) is 0 Å². The van der Waals surface area contributed by atoms with Gasteiger partial charge in [-0.1, -0.05) is 12.1 Å². The molecule has 17 heavy (non-hydrogen) atoms. The van der Waals surface area contributed by atoms with Crippen LogP contribution in [0.3, 0.4) is 0 Å². The number of alkyl halides is 2. The fraction of sp³-hybridized carbons (Fsp3) is 0.222. The quantitative estimate of drug-likeness (QED) is 0.867. The molecule has 8 heteroatoms. The van der Waals surface area contributed by atoms with Crippen LogP contribution in [0.5, 0.6) is 0 Å². The molecule has 0 fully saturated rings. The summed E-state index contributed by atoms with van der Waals surface area (Å²) in [5.41, 5.74) is -0.483. The molecule has 1 rings (SSSR count). The maximum atomic E-state index is 12.2. The summed E-state index contributed by atoms with van der Waals surface area (Å²) < 4.78 is 47.9. The van der Waals surface area contributed by atoms with E-state index in [1.807, 2.05) is 0 Å². The largest absolute Gasteiger partial charge is 0.478 e. The first-order chi connectivity index (χ1) is 7.75. The van der Waals surface area contributed by atoms with Gasteiger partial charge in [0.25, 0.3) is 10.0 Å². The second-order valence-corrected chi connectivity index (χ2v) is 4.86. The molecule has 0 saturated carbocycles. The SMILES string of the molecule is Cc1cccc(C(=O)O)c1NS(=O)(=O)C(F)F. The molecule has 0 aliphatic rings. The van der Waals surface area contributed by atoms with Crippen molar-refractivity contribution in [1.82, 2.24) is 0 Å². The van der Waals surface area contributed by atoms with Crippen molar-refractivity contribution in [1.29, 1.82) is 0 Å². The van der Waals surface area contributed by atoms with Crippen molar-refractivity contribution in [2.45, 2.75) is 12.7 Å². The highest BCUT2D eigenvalue weighted by Gasteiger charge is 2.26. The van der Waals surface area contributed by atoms with Gasteiger partial charge in [-0.25, -0.2) is 13.2 Å². The maximum Gasteiger partial charge on any atom is 0.355 e. The summed E-state index contributed by atoms with van der Waals surface area (Å²) in [6.07, 6.45) is 0. The highest BCUT2D eigenvalue weighted by Crippen LogP contribution is 2.23. The second kappa shape index (κ2) is 4.66. The summed E-state index contributed by atoms with van der Waals surface area (Å²) in [6, 6.07) is 3.92. The van der Waals surface area contributed by atoms with Crippen molar-refractivity contribution in [3.8, 4) is 0 Å². The monoisotopic (exact) mass is 265 g/mol. The lowest BCUT2D eigenvalue weighted by molar-refractivity contribution is 0.0698. The number of carboxylic acid groups (broad SMARTS) is 1. The van der Waals surface area contributed by atoms with Gasteiger partial charge in [-0.2, -0.15) is 8.78 Å². The van der Waals surface area contributed by atoms with E-state index in [2.05, 4.69) is 0 Å². The lowest BCUT2D eigenvalue weighted by atomic mass is 10.1. The van der Waals surface area contributed by atoms with E-state index in [9.17, 15) is 22.0 Å². The number of sulfonamides is 1. The Balaban J connectivity index is 3.28. The smallest absolute Gasteiger partial charge is 0.355 e. The molecule has 2 N–H and O–H groups in total. The lowest BCUT2D eigenvalue weighted by Crippen LogP contribution is -2.22. The first-order valence-electron chi connectivity index (χ1n) is 4.38. The van der Waals surface area contributed by atoms with Crippen molar-refractivity contribution < 1.29 is 27.1 Å². The molecule has 0 aromatic heterocycles. The molecule has 0 unspecified atom stereocenters. The van der Waals surface area contributed by atoms with E-state index < -0.39 is 21.8 Å². The Hall–Kier alpha value is -1.70. The van der Waals surface area contributed by atoms with Crippen LogP contribution in [0.15, 0.2) is 18.2 Å². The molecule has 0 saturated heterocycles. The van der Waals surface area contributed by atoms with Crippen LogP contribution in [-0.2, 0) is 10.0 Å². The summed E-state index contributed by atoms with van der Waals surface area (Å²) in [5.74, 6) is -5.02. The fourth-order valence-corrected chi connectivity index (χ4v) is 1.81. The van der Waals surface area contributed by atoms with Gasteiger partial charge in [-0.05, 0) is 18.6 Å². The molecule has 94 valence electrons. The molecule has 1 aromatic carbocycles. The number of anilines is 1. The van der Waals surface area contributed by atoms with Crippen molar-refractivity contribution in [2.75, 3.05) is 4.72 Å². The van der Waals surface area contributed by atoms with Gasteiger partial charge >= 0.3 is 11.7 Å². The maximum absolute atomic E-state index is 12.2. The summed E-state index contributed by atoms with van der Waals surface area (Å²) in [5, 5.41) is 8.80. The van der Waals surface area contributed by atoms with E-state index in [-0.39, 0.29) is 16.8 Å². The standard InChI is InChI=1S/C9H9F2NO4S/c1-5-3-2-4-6(8(13)14)7(5)12-17(15,16)9(10)11/h2-4,9,12H,1H3,(H,13,14). The molecule has 0 aliphatic heterocycles. The van der Waals surface area contributed by atoms with Gasteiger partial charge in [0.05, 0.1) is 11.3 Å². The predicted molar refractivity (Wildman–Crippen MR) is 56.7 cm³/mol. The highest BCUT2D eigenvalue weighted by atomic mass is 32.2. The summed E-state index contributed by atoms with van der Waals surface area (Å²) in [6.45, 7) is 1.41. The number of para-hydroxylation sites is 1. The van der Waals surface area contributed by atoms with Crippen LogP contribution < -0.4 is 4.72 Å². The normalized spacial score (nSPS) is 11.5. The Kier molecular flexibility index (Phi) is 3.66. The summed E-state index contributed by atoms with van der Waals surface area (Å²) in [7, 11) is -4.88. The number of halogens is 2. The minimum absolute atomic E-state index is 0.245. The summed E-state index contributed by atoms with van der Waals surface area (Å²) in [4.78, 5) is 10.8. The second-order valence-electron chi connectivity index (χ2n) is 3.21. The van der Waals surface area contributed by atoms with E-state index in [4.69, 9.17) is 5.11 Å². The van der Waals surface area contributed by atoms with Crippen molar-refractivity contribution in [3.63, 3.8) is 0 Å². The molecular weight excluding hydrogens is 256 g/mol. The van der Waals surface area contributed by atoms with Crippen LogP contribution in [-0.4, -0.2) is 25.3 Å². The highest BCUT2D eigenvalue weighted by molar-refractivity contribution is 7.93. The molecule has 0 atom stereocenters. The topological polar surface area (TPSA) is 83.5 Å². The van der Waals surface area contributed by atoms with Crippen molar-refractivity contribution in [2.24, 2.45) is 0 Å². The molecule has 0 spiro atoms. The van der Waals surface area contributed by atoms with E-state index in [1.165, 1.54) is 19.1 Å². The number of aryl methyl sites for hydroxylation is 1. The average molecular weight is 265 g/mol. The molecule has 1 aromatic rings. The molecule has 0 heterocycles. The lowest BCUT2D eigenvalue weighted by Gasteiger charge is -2.12. The molecule has 0 radical (unpaired) electrons. The Labute approximate surface area is 96.1 Å². The molecule has 5 nitrogen and oxygen atoms in total. The van der Waals surface area contributed by atoms with Crippen LogP contribution in [0.4, 0.5) is 14.5 Å². The number of carboxylic acids is 1. The number of aromatic carboxylic acids is 1. The van der Waals surface area contributed by atoms with Crippen LogP contribution in [0.1, 0.15) is 15.9 Å². The van der Waals surface area contributed by atoms with Gasteiger partial charge in [0.1, 0.15) is 0 Å². The zero-order chi connectivity index (χ0) is 13.2. The fourth-order valence-electron chi connectivity index (χ4n) is 1.17. The Morgan fingerprint density at radius 3 is 2.47 bits per heavy atom. The van der Waals surface area contributed by atoms with Gasteiger partial charge in [0.15, 0.2) is 0 Å². The third-order valence-corrected chi connectivity index (χ3v) is 2.94. The van der Waals surface area contributed by atoms with E-state index >= 15 is 0 Å². The number of rotatable bonds is 4. The van der Waals surface area contributed by atoms with Gasteiger partial charge in [-0.15, -0.1) is 0 Å². The predicted octanol–water partition coefficient (Wildman–Crippen LogP) is 1.66. The summed E-state index contributed by atoms with van der Waals surface area (Å²) >= 11 is 0. The van der Waals surface area contributed by atoms with Gasteiger partial charge in [0.2, 0.25) is 0 Å². The molecule has 0 aliphatic carbocycles. The first kappa shape index (κ1) is 13.4. The zero-order valence-electron chi connectivity index (χ0n) is 8.65. The third kappa shape index (κ3) is 2.90. The molecule has 0 amide bonds. The molecular formula is C9H9F2NO4S. The number of nitrogens with one attached hydrogen (secondary N) is 1. The third-order valence-electron chi connectivity index (χ3n) is 1.98. The Morgan fingerprint density at radius 2 is 2.00 bits per heavy atom. The number of carbonyl (C=O) groups is 1. The van der Waals surface area contributed by atoms with Gasteiger partial charge in [-0.3, -0.25) is 4.72 Å². The van der Waals surface area contributed by atoms with Crippen molar-refractivity contribution in [3.05, 3.63) is 29.3 Å². The first-order valence-corrected chi connectivity index (χ1v) is 5.93. The van der Waals surface area contributed by atoms with E-state index in [0.29, 0.717) is 0 Å². The average Bonchev–Trinajstić information content (AvgIpc) is 2.20. The van der Waals surface area contributed by atoms with E-state index in [1.54, 1.807) is 4.72 Å². The van der Waals surface area contributed by atoms with Crippen LogP contribution >= 0.6 is 0 Å². The molecule has 0 bridgehead atoms. The van der Waals surface area contributed by atoms with Crippen molar-refractivity contribution >= 4 is 21.7 Å². The van der Waals surface area contributed by atoms with Crippen LogP contribution in [0.2, 0.25) is 0 Å². The number of hydrogen-bond acceptors (Lipinski definition) is 3. The van der Waals surface area contributed by atoms with Crippen LogP contribution in [0.25, 0.3) is 0 Å². The van der Waals surface area contributed by atoms with E-state index in [0.717, 1.165) is 6.07 Å². The minimum atomic E-state index is -4.88.